The summed E-state index contributed by atoms with van der Waals surface area (Å²) in [5.74, 6) is 0. The van der Waals surface area contributed by atoms with Crippen LogP contribution in [0, 0.1) is 0 Å². The van der Waals surface area contributed by atoms with E-state index in [1.807, 2.05) is 0 Å². The largest absolute Gasteiger partial charge is 0.311 e. The van der Waals surface area contributed by atoms with E-state index in [2.05, 4.69) is 276 Å². The van der Waals surface area contributed by atoms with Gasteiger partial charge in [-0.2, -0.15) is 0 Å². The summed E-state index contributed by atoms with van der Waals surface area (Å²) in [6.45, 7) is 0. The van der Waals surface area contributed by atoms with Crippen molar-refractivity contribution in [1.82, 2.24) is 0 Å². The smallest absolute Gasteiger partial charge is 0.0541 e. The lowest BCUT2D eigenvalue weighted by Crippen LogP contribution is -2.13. The van der Waals surface area contributed by atoms with E-state index in [1.165, 1.54) is 33.0 Å². The summed E-state index contributed by atoms with van der Waals surface area (Å²) in [6.07, 6.45) is 0. The van der Waals surface area contributed by atoms with Crippen molar-refractivity contribution in [3.63, 3.8) is 0 Å². The molecule has 0 aromatic heterocycles. The van der Waals surface area contributed by atoms with Crippen LogP contribution in [0.25, 0.3) is 33.0 Å². The molecule has 0 amide bonds. The van der Waals surface area contributed by atoms with Gasteiger partial charge in [-0.15, -0.1) is 0 Å². The van der Waals surface area contributed by atoms with Gasteiger partial charge in [0.15, 0.2) is 0 Å². The van der Waals surface area contributed by atoms with Crippen molar-refractivity contribution in [1.29, 1.82) is 0 Å². The van der Waals surface area contributed by atoms with Gasteiger partial charge in [-0.1, -0.05) is 164 Å². The van der Waals surface area contributed by atoms with Crippen molar-refractivity contribution in [3.8, 4) is 22.3 Å². The fraction of sp³-hybridized carbons (Fsp3) is 0. The van der Waals surface area contributed by atoms with Gasteiger partial charge in [-0.3, -0.25) is 0 Å². The zero-order valence-electron chi connectivity index (χ0n) is 33.7. The SMILES string of the molecule is c1ccc(N(c2ccccc2)c2ccc(-c3ccc(-c4ccc(N(c5ccccc5)c5ccc(N(c6ccccc6)c6ccccc6)c6ccccc56)cc4)cc3)cc2)cc1. The first-order valence-corrected chi connectivity index (χ1v) is 20.8. The fourth-order valence-corrected chi connectivity index (χ4v) is 8.31. The summed E-state index contributed by atoms with van der Waals surface area (Å²) in [5.41, 5.74) is 14.7. The van der Waals surface area contributed by atoms with E-state index >= 15 is 0 Å². The number of hydrogen-bond donors (Lipinski definition) is 0. The number of rotatable bonds is 11. The molecule has 3 nitrogen and oxygen atoms in total. The van der Waals surface area contributed by atoms with Crippen LogP contribution in [0.15, 0.2) is 261 Å². The van der Waals surface area contributed by atoms with E-state index in [0.717, 1.165) is 51.2 Å². The summed E-state index contributed by atoms with van der Waals surface area (Å²) in [4.78, 5) is 7.01. The van der Waals surface area contributed by atoms with E-state index in [0.29, 0.717) is 0 Å². The van der Waals surface area contributed by atoms with Crippen LogP contribution in [-0.4, -0.2) is 0 Å². The number of nitrogens with zero attached hydrogens (tertiary/aromatic N) is 3. The zero-order valence-corrected chi connectivity index (χ0v) is 33.7. The minimum atomic E-state index is 1.09. The normalized spacial score (nSPS) is 11.0. The highest BCUT2D eigenvalue weighted by molar-refractivity contribution is 6.07. The van der Waals surface area contributed by atoms with Gasteiger partial charge >= 0.3 is 0 Å². The van der Waals surface area contributed by atoms with Crippen molar-refractivity contribution in [3.05, 3.63) is 261 Å². The molecule has 10 aromatic rings. The highest BCUT2D eigenvalue weighted by Crippen LogP contribution is 2.45. The lowest BCUT2D eigenvalue weighted by atomic mass is 9.99. The van der Waals surface area contributed by atoms with Crippen LogP contribution >= 0.6 is 0 Å². The molecular formula is C58H43N3. The Bertz CT molecular complexity index is 2890. The van der Waals surface area contributed by atoms with Gasteiger partial charge in [-0.25, -0.2) is 0 Å². The Morgan fingerprint density at radius 3 is 0.672 bits per heavy atom. The molecule has 0 aliphatic rings. The maximum atomic E-state index is 2.37. The topological polar surface area (TPSA) is 9.72 Å². The predicted octanol–water partition coefficient (Wildman–Crippen LogP) is 16.6. The van der Waals surface area contributed by atoms with Gasteiger partial charge in [-0.05, 0) is 119 Å². The molecule has 10 rings (SSSR count). The fourth-order valence-electron chi connectivity index (χ4n) is 8.31. The molecule has 0 heterocycles. The zero-order chi connectivity index (χ0) is 40.8. The molecule has 61 heavy (non-hydrogen) atoms. The third-order valence-corrected chi connectivity index (χ3v) is 11.2. The summed E-state index contributed by atoms with van der Waals surface area (Å²) >= 11 is 0. The standard InChI is InChI=1S/C58H43N3/c1-6-18-48(19-7-1)59(49-20-8-2-9-21-49)53-38-34-46(35-39-53)44-30-32-45(33-31-44)47-36-40-54(41-37-47)61(52-26-14-5-15-27-52)58-43-42-57(55-28-16-17-29-56(55)58)60(50-22-10-3-11-23-50)51-24-12-4-13-25-51/h1-43H. The van der Waals surface area contributed by atoms with Crippen LogP contribution in [0.5, 0.6) is 0 Å². The summed E-state index contributed by atoms with van der Waals surface area (Å²) < 4.78 is 0. The number of anilines is 9. The Kier molecular flexibility index (Phi) is 10.3. The average molecular weight is 782 g/mol. The second-order valence-electron chi connectivity index (χ2n) is 15.0. The molecule has 0 radical (unpaired) electrons. The molecule has 0 bridgehead atoms. The number of hydrogen-bond acceptors (Lipinski definition) is 3. The summed E-state index contributed by atoms with van der Waals surface area (Å²) in [5, 5.41) is 2.34. The second kappa shape index (κ2) is 17.0. The van der Waals surface area contributed by atoms with E-state index in [4.69, 9.17) is 0 Å². The van der Waals surface area contributed by atoms with Gasteiger partial charge in [0.25, 0.3) is 0 Å². The molecule has 0 atom stereocenters. The van der Waals surface area contributed by atoms with Crippen LogP contribution in [0.2, 0.25) is 0 Å². The summed E-state index contributed by atoms with van der Waals surface area (Å²) in [6, 6.07) is 92.9. The van der Waals surface area contributed by atoms with Crippen molar-refractivity contribution in [2.45, 2.75) is 0 Å². The molecule has 0 spiro atoms. The summed E-state index contributed by atoms with van der Waals surface area (Å²) in [7, 11) is 0. The quantitative estimate of drug-likeness (QED) is 0.129. The van der Waals surface area contributed by atoms with Crippen LogP contribution in [0.1, 0.15) is 0 Å². The first kappa shape index (κ1) is 37.2. The molecule has 0 aliphatic carbocycles. The Balaban J connectivity index is 0.959. The van der Waals surface area contributed by atoms with Crippen LogP contribution in [0.3, 0.4) is 0 Å². The molecule has 0 saturated heterocycles. The molecule has 0 unspecified atom stereocenters. The Morgan fingerprint density at radius 2 is 0.377 bits per heavy atom. The lowest BCUT2D eigenvalue weighted by Gasteiger charge is -2.30. The van der Waals surface area contributed by atoms with Crippen LogP contribution in [0.4, 0.5) is 51.2 Å². The van der Waals surface area contributed by atoms with Crippen molar-refractivity contribution in [2.24, 2.45) is 0 Å². The first-order valence-electron chi connectivity index (χ1n) is 20.8. The predicted molar refractivity (Wildman–Crippen MR) is 259 cm³/mol. The van der Waals surface area contributed by atoms with Crippen molar-refractivity contribution < 1.29 is 0 Å². The van der Waals surface area contributed by atoms with Gasteiger partial charge in [0.05, 0.1) is 11.4 Å². The second-order valence-corrected chi connectivity index (χ2v) is 15.0. The highest BCUT2D eigenvalue weighted by Gasteiger charge is 2.21. The minimum absolute atomic E-state index is 1.09. The molecule has 3 heteroatoms. The molecular weight excluding hydrogens is 739 g/mol. The van der Waals surface area contributed by atoms with Crippen molar-refractivity contribution in [2.75, 3.05) is 14.7 Å². The Hall–Kier alpha value is -8.14. The van der Waals surface area contributed by atoms with Gasteiger partial charge < -0.3 is 14.7 Å². The lowest BCUT2D eigenvalue weighted by molar-refractivity contribution is 1.28. The first-order chi connectivity index (χ1) is 30.3. The van der Waals surface area contributed by atoms with E-state index in [1.54, 1.807) is 0 Å². The third kappa shape index (κ3) is 7.65. The van der Waals surface area contributed by atoms with Gasteiger partial charge in [0.2, 0.25) is 0 Å². The van der Waals surface area contributed by atoms with Gasteiger partial charge in [0.1, 0.15) is 0 Å². The highest BCUT2D eigenvalue weighted by atomic mass is 15.2. The van der Waals surface area contributed by atoms with Gasteiger partial charge in [0, 0.05) is 50.6 Å². The monoisotopic (exact) mass is 781 g/mol. The molecule has 0 fully saturated rings. The third-order valence-electron chi connectivity index (χ3n) is 11.2. The number of benzene rings is 10. The molecule has 0 aliphatic heterocycles. The Labute approximate surface area is 358 Å². The van der Waals surface area contributed by atoms with E-state index in [9.17, 15) is 0 Å². The Morgan fingerprint density at radius 1 is 0.164 bits per heavy atom. The molecule has 0 N–H and O–H groups in total. The van der Waals surface area contributed by atoms with E-state index < -0.39 is 0 Å². The van der Waals surface area contributed by atoms with Crippen LogP contribution in [-0.2, 0) is 0 Å². The maximum absolute atomic E-state index is 2.37. The van der Waals surface area contributed by atoms with E-state index in [-0.39, 0.29) is 0 Å². The minimum Gasteiger partial charge on any atom is -0.311 e. The van der Waals surface area contributed by atoms with Crippen LogP contribution < -0.4 is 14.7 Å². The maximum Gasteiger partial charge on any atom is 0.0541 e. The number of para-hydroxylation sites is 5. The number of fused-ring (bicyclic) bond motifs is 1. The van der Waals surface area contributed by atoms with Crippen molar-refractivity contribution >= 4 is 62.0 Å². The average Bonchev–Trinajstić information content (AvgIpc) is 3.35. The molecule has 10 aromatic carbocycles. The molecule has 0 saturated carbocycles. The molecule has 290 valence electrons.